The van der Waals surface area contributed by atoms with Crippen molar-refractivity contribution >= 4 is 29.2 Å². The van der Waals surface area contributed by atoms with Gasteiger partial charge in [-0.2, -0.15) is 0 Å². The van der Waals surface area contributed by atoms with Gasteiger partial charge >= 0.3 is 0 Å². The average molecular weight is 271 g/mol. The van der Waals surface area contributed by atoms with E-state index in [1.807, 2.05) is 23.5 Å². The third-order valence-electron chi connectivity index (χ3n) is 2.59. The molecule has 0 amide bonds. The van der Waals surface area contributed by atoms with Crippen molar-refractivity contribution in [1.29, 1.82) is 0 Å². The Hall–Kier alpha value is -0.720. The highest BCUT2D eigenvalue weighted by Gasteiger charge is 2.21. The van der Waals surface area contributed by atoms with E-state index >= 15 is 0 Å². The zero-order valence-corrected chi connectivity index (χ0v) is 10.8. The second kappa shape index (κ2) is 5.75. The molecule has 2 rings (SSSR count). The second-order valence-corrected chi connectivity index (χ2v) is 6.45. The van der Waals surface area contributed by atoms with Gasteiger partial charge in [-0.15, -0.1) is 23.5 Å². The number of nitrogens with zero attached hydrogens (tertiary/aromatic N) is 1. The zero-order valence-electron chi connectivity index (χ0n) is 9.17. The summed E-state index contributed by atoms with van der Waals surface area (Å²) in [6.07, 6.45) is 1.20. The number of nitro benzene ring substituents is 1. The molecule has 1 fully saturated rings. The molecular formula is C11H13NO3S2. The Morgan fingerprint density at radius 1 is 1.41 bits per heavy atom. The van der Waals surface area contributed by atoms with E-state index in [0.29, 0.717) is 10.1 Å². The highest BCUT2D eigenvalue weighted by molar-refractivity contribution is 8.16. The molecule has 1 aliphatic rings. The number of rotatable bonds is 3. The summed E-state index contributed by atoms with van der Waals surface area (Å²) in [4.78, 5) is 10.2. The lowest BCUT2D eigenvalue weighted by Crippen LogP contribution is -2.04. The third-order valence-corrected chi connectivity index (χ3v) is 5.57. The van der Waals surface area contributed by atoms with Gasteiger partial charge in [-0.3, -0.25) is 10.1 Å². The summed E-state index contributed by atoms with van der Waals surface area (Å²) in [7, 11) is 0. The van der Waals surface area contributed by atoms with Crippen LogP contribution in [-0.4, -0.2) is 21.5 Å². The molecule has 0 bridgehead atoms. The smallest absolute Gasteiger partial charge is 0.269 e. The van der Waals surface area contributed by atoms with Crippen molar-refractivity contribution in [3.05, 3.63) is 39.4 Å². The molecule has 0 spiro atoms. The molecule has 0 unspecified atom stereocenters. The molecule has 1 aliphatic heterocycles. The summed E-state index contributed by atoms with van der Waals surface area (Å²) in [6, 6.07) is 4.77. The maximum Gasteiger partial charge on any atom is 0.269 e. The third kappa shape index (κ3) is 2.94. The second-order valence-electron chi connectivity index (χ2n) is 3.73. The topological polar surface area (TPSA) is 63.4 Å². The normalized spacial score (nSPS) is 17.0. The van der Waals surface area contributed by atoms with Gasteiger partial charge in [0.05, 0.1) is 16.1 Å². The van der Waals surface area contributed by atoms with Crippen LogP contribution in [0.25, 0.3) is 0 Å². The predicted molar refractivity (Wildman–Crippen MR) is 71.3 cm³/mol. The number of benzene rings is 1. The van der Waals surface area contributed by atoms with Crippen LogP contribution in [-0.2, 0) is 6.61 Å². The minimum absolute atomic E-state index is 0.0450. The zero-order chi connectivity index (χ0) is 12.3. The molecule has 1 N–H and O–H groups in total. The van der Waals surface area contributed by atoms with Crippen molar-refractivity contribution in [2.45, 2.75) is 17.6 Å². The largest absolute Gasteiger partial charge is 0.392 e. The molecule has 92 valence electrons. The van der Waals surface area contributed by atoms with Crippen molar-refractivity contribution in [3.63, 3.8) is 0 Å². The van der Waals surface area contributed by atoms with Crippen LogP contribution in [0.4, 0.5) is 5.69 Å². The van der Waals surface area contributed by atoms with Crippen LogP contribution in [0.3, 0.4) is 0 Å². The van der Waals surface area contributed by atoms with Gasteiger partial charge in [0.25, 0.3) is 5.69 Å². The van der Waals surface area contributed by atoms with Crippen molar-refractivity contribution < 1.29 is 10.0 Å². The summed E-state index contributed by atoms with van der Waals surface area (Å²) in [5, 5.41) is 20.0. The molecule has 0 radical (unpaired) electrons. The first-order valence-corrected chi connectivity index (χ1v) is 7.43. The molecule has 17 heavy (non-hydrogen) atoms. The molecule has 0 aliphatic carbocycles. The minimum atomic E-state index is -0.426. The van der Waals surface area contributed by atoms with E-state index in [4.69, 9.17) is 0 Å². The maximum atomic E-state index is 10.7. The molecule has 1 aromatic rings. The molecule has 0 saturated carbocycles. The van der Waals surface area contributed by atoms with Gasteiger partial charge in [0.2, 0.25) is 0 Å². The summed E-state index contributed by atoms with van der Waals surface area (Å²) < 4.78 is 0.298. The fraction of sp³-hybridized carbons (Fsp3) is 0.455. The molecule has 0 atom stereocenters. The standard InChI is InChI=1S/C11H13NO3S2/c13-7-8-6-9(12(14)15)2-3-10(8)11-16-4-1-5-17-11/h2-3,6,11,13H,1,4-5,7H2. The van der Waals surface area contributed by atoms with Crippen LogP contribution in [0.5, 0.6) is 0 Å². The fourth-order valence-corrected chi connectivity index (χ4v) is 4.75. The number of thioether (sulfide) groups is 2. The lowest BCUT2D eigenvalue weighted by Gasteiger charge is -2.22. The van der Waals surface area contributed by atoms with Crippen LogP contribution >= 0.6 is 23.5 Å². The van der Waals surface area contributed by atoms with E-state index in [9.17, 15) is 15.2 Å². The Kier molecular flexibility index (Phi) is 4.31. The van der Waals surface area contributed by atoms with E-state index in [2.05, 4.69) is 0 Å². The van der Waals surface area contributed by atoms with Crippen LogP contribution in [0.2, 0.25) is 0 Å². The minimum Gasteiger partial charge on any atom is -0.392 e. The average Bonchev–Trinajstić information content (AvgIpc) is 2.39. The molecule has 6 heteroatoms. The van der Waals surface area contributed by atoms with Crippen molar-refractivity contribution in [1.82, 2.24) is 0 Å². The van der Waals surface area contributed by atoms with Gasteiger partial charge in [0.15, 0.2) is 0 Å². The first kappa shape index (κ1) is 12.7. The number of nitro groups is 1. The highest BCUT2D eigenvalue weighted by atomic mass is 32.2. The number of hydrogen-bond donors (Lipinski definition) is 1. The van der Waals surface area contributed by atoms with Gasteiger partial charge in [-0.05, 0) is 35.1 Å². The Labute approximate surface area is 108 Å². The first-order chi connectivity index (χ1) is 8.22. The number of aliphatic hydroxyl groups is 1. The van der Waals surface area contributed by atoms with E-state index in [0.717, 1.165) is 17.1 Å². The van der Waals surface area contributed by atoms with Crippen molar-refractivity contribution in [2.24, 2.45) is 0 Å². The first-order valence-electron chi connectivity index (χ1n) is 5.33. The monoisotopic (exact) mass is 271 g/mol. The summed E-state index contributed by atoms with van der Waals surface area (Å²) in [5.74, 6) is 2.22. The Balaban J connectivity index is 2.29. The fourth-order valence-electron chi connectivity index (χ4n) is 1.74. The summed E-state index contributed by atoms with van der Waals surface area (Å²) in [6.45, 7) is -0.144. The van der Waals surface area contributed by atoms with E-state index < -0.39 is 4.92 Å². The molecular weight excluding hydrogens is 258 g/mol. The van der Waals surface area contributed by atoms with E-state index in [-0.39, 0.29) is 12.3 Å². The predicted octanol–water partition coefficient (Wildman–Crippen LogP) is 2.96. The molecule has 1 saturated heterocycles. The number of aliphatic hydroxyl groups excluding tert-OH is 1. The van der Waals surface area contributed by atoms with E-state index in [1.54, 1.807) is 6.07 Å². The van der Waals surface area contributed by atoms with Crippen LogP contribution in [0, 0.1) is 10.1 Å². The lowest BCUT2D eigenvalue weighted by atomic mass is 10.1. The summed E-state index contributed by atoms with van der Waals surface area (Å²) >= 11 is 3.68. The molecule has 0 aromatic heterocycles. The Morgan fingerprint density at radius 3 is 2.71 bits per heavy atom. The van der Waals surface area contributed by atoms with Crippen LogP contribution < -0.4 is 0 Å². The molecule has 1 aromatic carbocycles. The van der Waals surface area contributed by atoms with Crippen LogP contribution in [0.15, 0.2) is 18.2 Å². The Morgan fingerprint density at radius 2 is 2.12 bits per heavy atom. The van der Waals surface area contributed by atoms with Crippen molar-refractivity contribution in [3.8, 4) is 0 Å². The quantitative estimate of drug-likeness (QED) is 0.676. The van der Waals surface area contributed by atoms with Gasteiger partial charge in [0, 0.05) is 12.1 Å². The van der Waals surface area contributed by atoms with Gasteiger partial charge in [-0.25, -0.2) is 0 Å². The molecule has 1 heterocycles. The lowest BCUT2D eigenvalue weighted by molar-refractivity contribution is -0.385. The van der Waals surface area contributed by atoms with Crippen molar-refractivity contribution in [2.75, 3.05) is 11.5 Å². The van der Waals surface area contributed by atoms with E-state index in [1.165, 1.54) is 18.6 Å². The van der Waals surface area contributed by atoms with Crippen LogP contribution in [0.1, 0.15) is 22.1 Å². The number of non-ortho nitro benzene ring substituents is 1. The summed E-state index contributed by atoms with van der Waals surface area (Å²) in [5.41, 5.74) is 1.74. The molecule has 4 nitrogen and oxygen atoms in total. The highest BCUT2D eigenvalue weighted by Crippen LogP contribution is 2.45. The van der Waals surface area contributed by atoms with Gasteiger partial charge < -0.3 is 5.11 Å². The van der Waals surface area contributed by atoms with Gasteiger partial charge in [0.1, 0.15) is 0 Å². The Bertz CT molecular complexity index is 419. The van der Waals surface area contributed by atoms with Gasteiger partial charge in [-0.1, -0.05) is 0 Å². The maximum absolute atomic E-state index is 10.7. The number of hydrogen-bond acceptors (Lipinski definition) is 5. The SMILES string of the molecule is O=[N+]([O-])c1ccc(C2SCCCS2)c(CO)c1.